The predicted octanol–water partition coefficient (Wildman–Crippen LogP) is -1.63. The van der Waals surface area contributed by atoms with Crippen molar-refractivity contribution < 1.29 is 9.59 Å². The number of nitrogens with zero attached hydrogens (tertiary/aromatic N) is 4. The zero-order valence-corrected chi connectivity index (χ0v) is 10.2. The molecule has 2 amide bonds. The lowest BCUT2D eigenvalue weighted by atomic mass is 10.2. The van der Waals surface area contributed by atoms with E-state index in [1.54, 1.807) is 17.8 Å². The van der Waals surface area contributed by atoms with E-state index in [1.807, 2.05) is 0 Å². The molecule has 0 radical (unpaired) electrons. The summed E-state index contributed by atoms with van der Waals surface area (Å²) in [5.74, 6) is -0.865. The fraction of sp³-hybridized carbons (Fsp3) is 0.600. The van der Waals surface area contributed by atoms with Gasteiger partial charge in [0.05, 0.1) is 18.8 Å². The molecule has 1 aliphatic rings. The second-order valence-electron chi connectivity index (χ2n) is 4.18. The van der Waals surface area contributed by atoms with Crippen LogP contribution in [-0.2, 0) is 4.79 Å². The number of primary amides is 1. The van der Waals surface area contributed by atoms with E-state index in [9.17, 15) is 9.59 Å². The summed E-state index contributed by atoms with van der Waals surface area (Å²) in [6, 6.07) is 0.255. The Morgan fingerprint density at radius 3 is 2.83 bits per heavy atom. The molecule has 2 heterocycles. The quantitative estimate of drug-likeness (QED) is 0.654. The minimum Gasteiger partial charge on any atom is -0.368 e. The van der Waals surface area contributed by atoms with Crippen molar-refractivity contribution >= 4 is 11.8 Å². The second-order valence-corrected chi connectivity index (χ2v) is 4.18. The van der Waals surface area contributed by atoms with E-state index in [0.29, 0.717) is 6.54 Å². The first-order valence-electron chi connectivity index (χ1n) is 5.82. The molecule has 1 fully saturated rings. The van der Waals surface area contributed by atoms with Crippen molar-refractivity contribution in [3.63, 3.8) is 0 Å². The summed E-state index contributed by atoms with van der Waals surface area (Å²) in [4.78, 5) is 24.2. The summed E-state index contributed by atoms with van der Waals surface area (Å²) in [7, 11) is 0. The highest BCUT2D eigenvalue weighted by Gasteiger charge is 2.24. The Bertz CT molecular complexity index is 453. The van der Waals surface area contributed by atoms with Gasteiger partial charge in [0.15, 0.2) is 5.69 Å². The van der Waals surface area contributed by atoms with Gasteiger partial charge in [-0.15, -0.1) is 5.10 Å². The van der Waals surface area contributed by atoms with Crippen molar-refractivity contribution in [1.29, 1.82) is 0 Å². The number of rotatable bonds is 5. The summed E-state index contributed by atoms with van der Waals surface area (Å²) in [5, 5.41) is 10.9. The van der Waals surface area contributed by atoms with Crippen LogP contribution < -0.4 is 11.1 Å². The molecule has 0 bridgehead atoms. The first kappa shape index (κ1) is 12.5. The van der Waals surface area contributed by atoms with Gasteiger partial charge in [-0.25, -0.2) is 4.68 Å². The van der Waals surface area contributed by atoms with Gasteiger partial charge in [-0.05, 0) is 6.92 Å². The van der Waals surface area contributed by atoms with Gasteiger partial charge in [-0.3, -0.25) is 9.59 Å². The van der Waals surface area contributed by atoms with Gasteiger partial charge in [0.25, 0.3) is 5.91 Å². The molecular formula is C10H16N6O2. The SMILES string of the molecule is CCN(CC(N)=O)C(=O)c1cn(C2CNC2)nn1. The molecule has 0 atom stereocenters. The van der Waals surface area contributed by atoms with Crippen molar-refractivity contribution in [2.75, 3.05) is 26.2 Å². The van der Waals surface area contributed by atoms with E-state index in [0.717, 1.165) is 13.1 Å². The summed E-state index contributed by atoms with van der Waals surface area (Å²) < 4.78 is 1.67. The van der Waals surface area contributed by atoms with E-state index in [2.05, 4.69) is 15.6 Å². The zero-order chi connectivity index (χ0) is 13.1. The van der Waals surface area contributed by atoms with Gasteiger partial charge in [-0.2, -0.15) is 0 Å². The van der Waals surface area contributed by atoms with Crippen molar-refractivity contribution in [3.05, 3.63) is 11.9 Å². The lowest BCUT2D eigenvalue weighted by Crippen LogP contribution is -2.43. The lowest BCUT2D eigenvalue weighted by molar-refractivity contribution is -0.118. The van der Waals surface area contributed by atoms with Crippen LogP contribution in [0.5, 0.6) is 0 Å². The van der Waals surface area contributed by atoms with Crippen LogP contribution in [0.15, 0.2) is 6.20 Å². The Kier molecular flexibility index (Phi) is 3.56. The third-order valence-electron chi connectivity index (χ3n) is 2.88. The molecule has 8 heteroatoms. The fourth-order valence-corrected chi connectivity index (χ4v) is 1.69. The topological polar surface area (TPSA) is 106 Å². The maximum atomic E-state index is 12.0. The Morgan fingerprint density at radius 1 is 1.61 bits per heavy atom. The number of hydrogen-bond donors (Lipinski definition) is 2. The molecule has 0 spiro atoms. The van der Waals surface area contributed by atoms with Crippen LogP contribution in [0.2, 0.25) is 0 Å². The van der Waals surface area contributed by atoms with E-state index in [1.165, 1.54) is 4.90 Å². The molecule has 1 saturated heterocycles. The molecule has 0 aliphatic carbocycles. The Hall–Kier alpha value is -1.96. The smallest absolute Gasteiger partial charge is 0.276 e. The summed E-state index contributed by atoms with van der Waals surface area (Å²) >= 11 is 0. The molecule has 1 aliphatic heterocycles. The number of likely N-dealkylation sites (N-methyl/N-ethyl adjacent to an activating group) is 1. The van der Waals surface area contributed by atoms with Gasteiger partial charge in [0.1, 0.15) is 0 Å². The molecule has 1 aromatic heterocycles. The van der Waals surface area contributed by atoms with Crippen LogP contribution in [0.1, 0.15) is 23.5 Å². The van der Waals surface area contributed by atoms with Gasteiger partial charge in [0.2, 0.25) is 5.91 Å². The molecule has 2 rings (SSSR count). The summed E-state index contributed by atoms with van der Waals surface area (Å²) in [6.45, 7) is 3.74. The molecule has 1 aromatic rings. The predicted molar refractivity (Wildman–Crippen MR) is 62.7 cm³/mol. The molecular weight excluding hydrogens is 236 g/mol. The molecule has 98 valence electrons. The first-order chi connectivity index (χ1) is 8.61. The number of amides is 2. The number of nitrogens with one attached hydrogen (secondary N) is 1. The number of aromatic nitrogens is 3. The van der Waals surface area contributed by atoms with Crippen molar-refractivity contribution in [1.82, 2.24) is 25.2 Å². The third-order valence-corrected chi connectivity index (χ3v) is 2.88. The maximum absolute atomic E-state index is 12.0. The molecule has 8 nitrogen and oxygen atoms in total. The first-order valence-corrected chi connectivity index (χ1v) is 5.82. The molecule has 18 heavy (non-hydrogen) atoms. The average molecular weight is 252 g/mol. The number of nitrogens with two attached hydrogens (primary N) is 1. The fourth-order valence-electron chi connectivity index (χ4n) is 1.69. The Morgan fingerprint density at radius 2 is 2.33 bits per heavy atom. The molecule has 0 aromatic carbocycles. The van der Waals surface area contributed by atoms with E-state index < -0.39 is 5.91 Å². The van der Waals surface area contributed by atoms with Crippen LogP contribution >= 0.6 is 0 Å². The highest BCUT2D eigenvalue weighted by molar-refractivity contribution is 5.94. The average Bonchev–Trinajstić information content (AvgIpc) is 2.71. The van der Waals surface area contributed by atoms with Crippen LogP contribution in [-0.4, -0.2) is 57.9 Å². The van der Waals surface area contributed by atoms with E-state index >= 15 is 0 Å². The standard InChI is InChI=1S/C10H16N6O2/c1-2-15(6-9(11)17)10(18)8-5-16(14-13-8)7-3-12-4-7/h5,7,12H,2-4,6H2,1H3,(H2,11,17). The number of carbonyl (C=O) groups excluding carboxylic acids is 2. The zero-order valence-electron chi connectivity index (χ0n) is 10.2. The highest BCUT2D eigenvalue weighted by atomic mass is 16.2. The normalized spacial score (nSPS) is 15.2. The monoisotopic (exact) mass is 252 g/mol. The Labute approximate surface area is 104 Å². The van der Waals surface area contributed by atoms with Crippen LogP contribution in [0.3, 0.4) is 0 Å². The molecule has 0 unspecified atom stereocenters. The van der Waals surface area contributed by atoms with Crippen LogP contribution in [0.25, 0.3) is 0 Å². The minimum absolute atomic E-state index is 0.104. The minimum atomic E-state index is -0.541. The van der Waals surface area contributed by atoms with E-state index in [4.69, 9.17) is 5.73 Å². The third kappa shape index (κ3) is 2.48. The lowest BCUT2D eigenvalue weighted by Gasteiger charge is -2.26. The second kappa shape index (κ2) is 5.13. The van der Waals surface area contributed by atoms with Gasteiger partial charge in [-0.1, -0.05) is 5.21 Å². The Balaban J connectivity index is 2.06. The largest absolute Gasteiger partial charge is 0.368 e. The summed E-state index contributed by atoms with van der Waals surface area (Å²) in [6.07, 6.45) is 1.61. The van der Waals surface area contributed by atoms with Gasteiger partial charge >= 0.3 is 0 Å². The van der Waals surface area contributed by atoms with Crippen molar-refractivity contribution in [2.45, 2.75) is 13.0 Å². The molecule has 0 saturated carbocycles. The molecule has 3 N–H and O–H groups in total. The summed E-state index contributed by atoms with van der Waals surface area (Å²) in [5.41, 5.74) is 5.33. The number of carbonyl (C=O) groups is 2. The van der Waals surface area contributed by atoms with Crippen molar-refractivity contribution in [2.24, 2.45) is 5.73 Å². The maximum Gasteiger partial charge on any atom is 0.276 e. The number of hydrogen-bond acceptors (Lipinski definition) is 5. The highest BCUT2D eigenvalue weighted by Crippen LogP contribution is 2.10. The van der Waals surface area contributed by atoms with E-state index in [-0.39, 0.29) is 24.2 Å². The van der Waals surface area contributed by atoms with Crippen molar-refractivity contribution in [3.8, 4) is 0 Å². The van der Waals surface area contributed by atoms with Gasteiger partial charge < -0.3 is 16.0 Å². The van der Waals surface area contributed by atoms with Crippen LogP contribution in [0.4, 0.5) is 0 Å². The van der Waals surface area contributed by atoms with Crippen LogP contribution in [0, 0.1) is 0 Å². The van der Waals surface area contributed by atoms with Gasteiger partial charge in [0, 0.05) is 19.6 Å².